The Morgan fingerprint density at radius 3 is 2.71 bits per heavy atom. The molecule has 0 aliphatic heterocycles. The second kappa shape index (κ2) is 8.55. The molecular weight excluding hydrogens is 381 g/mol. The monoisotopic (exact) mass is 398 g/mol. The average molecular weight is 398 g/mol. The van der Waals surface area contributed by atoms with E-state index in [0.717, 1.165) is 30.8 Å². The number of benzene rings is 1. The third kappa shape index (κ3) is 4.87. The van der Waals surface area contributed by atoms with Crippen LogP contribution in [0.4, 0.5) is 13.2 Å². The molecule has 2 aromatic rings. The first-order chi connectivity index (χ1) is 13.1. The minimum absolute atomic E-state index is 0.208. The number of carbonyl (C=O) groups is 1. The van der Waals surface area contributed by atoms with Gasteiger partial charge in [0.15, 0.2) is 0 Å². The largest absolute Gasteiger partial charge is 0.493 e. The Bertz CT molecular complexity index is 1010. The molecular formula is C17H17F3N4O4. The normalized spacial score (nSPS) is 11.7. The van der Waals surface area contributed by atoms with Crippen molar-refractivity contribution in [1.82, 2.24) is 15.0 Å². The van der Waals surface area contributed by atoms with Gasteiger partial charge in [-0.25, -0.2) is 14.8 Å². The molecule has 0 aliphatic carbocycles. The van der Waals surface area contributed by atoms with Crippen LogP contribution in [0, 0.1) is 0 Å². The summed E-state index contributed by atoms with van der Waals surface area (Å²) < 4.78 is 39.2. The highest BCUT2D eigenvalue weighted by atomic mass is 19.4. The third-order valence-corrected chi connectivity index (χ3v) is 3.69. The SMILES string of the molecule is CCCCC(=O)NN=Cc1c(O)n(-c2cccc(C(F)(F)F)c2)c(=O)[nH]c1=O. The Morgan fingerprint density at radius 2 is 2.07 bits per heavy atom. The van der Waals surface area contributed by atoms with E-state index in [0.29, 0.717) is 17.1 Å². The highest BCUT2D eigenvalue weighted by molar-refractivity contribution is 5.84. The molecule has 0 atom stereocenters. The number of H-pyrrole nitrogens is 1. The summed E-state index contributed by atoms with van der Waals surface area (Å²) in [4.78, 5) is 37.3. The molecule has 0 fully saturated rings. The first-order valence-corrected chi connectivity index (χ1v) is 8.23. The predicted octanol–water partition coefficient (Wildman–Crippen LogP) is 1.89. The van der Waals surface area contributed by atoms with Crippen molar-refractivity contribution in [1.29, 1.82) is 0 Å². The number of hydrogen-bond donors (Lipinski definition) is 3. The molecule has 0 unspecified atom stereocenters. The Hall–Kier alpha value is -3.37. The fourth-order valence-corrected chi connectivity index (χ4v) is 2.28. The number of unbranched alkanes of at least 4 members (excludes halogenated alkanes) is 1. The molecule has 1 amide bonds. The molecule has 1 heterocycles. The minimum atomic E-state index is -4.66. The Labute approximate surface area is 156 Å². The second-order valence-corrected chi connectivity index (χ2v) is 5.78. The van der Waals surface area contributed by atoms with Crippen molar-refractivity contribution in [2.45, 2.75) is 32.4 Å². The molecule has 0 saturated heterocycles. The van der Waals surface area contributed by atoms with Crippen LogP contribution in [0.2, 0.25) is 0 Å². The molecule has 0 spiro atoms. The summed E-state index contributed by atoms with van der Waals surface area (Å²) in [5, 5.41) is 13.8. The van der Waals surface area contributed by atoms with Crippen LogP contribution in [0.25, 0.3) is 5.69 Å². The topological polar surface area (TPSA) is 117 Å². The number of hydrazone groups is 1. The second-order valence-electron chi connectivity index (χ2n) is 5.78. The number of halogens is 3. The number of nitrogens with one attached hydrogen (secondary N) is 2. The highest BCUT2D eigenvalue weighted by Gasteiger charge is 2.31. The quantitative estimate of drug-likeness (QED) is 0.509. The van der Waals surface area contributed by atoms with Crippen LogP contribution in [0.1, 0.15) is 37.3 Å². The zero-order chi connectivity index (χ0) is 20.9. The average Bonchev–Trinajstić information content (AvgIpc) is 2.62. The molecule has 0 radical (unpaired) electrons. The predicted molar refractivity (Wildman–Crippen MR) is 94.6 cm³/mol. The van der Waals surface area contributed by atoms with Gasteiger partial charge in [-0.2, -0.15) is 18.3 Å². The van der Waals surface area contributed by atoms with Crippen LogP contribution in [-0.2, 0) is 11.0 Å². The Morgan fingerprint density at radius 1 is 1.36 bits per heavy atom. The van der Waals surface area contributed by atoms with E-state index in [4.69, 9.17) is 0 Å². The van der Waals surface area contributed by atoms with E-state index >= 15 is 0 Å². The number of amides is 1. The molecule has 8 nitrogen and oxygen atoms in total. The maximum Gasteiger partial charge on any atom is 0.416 e. The summed E-state index contributed by atoms with van der Waals surface area (Å²) in [7, 11) is 0. The van der Waals surface area contributed by atoms with Crippen molar-refractivity contribution < 1.29 is 23.1 Å². The van der Waals surface area contributed by atoms with E-state index in [1.807, 2.05) is 11.9 Å². The van der Waals surface area contributed by atoms with Gasteiger partial charge in [0.2, 0.25) is 11.8 Å². The Kier molecular flexibility index (Phi) is 6.39. The van der Waals surface area contributed by atoms with Gasteiger partial charge < -0.3 is 5.11 Å². The van der Waals surface area contributed by atoms with Gasteiger partial charge in [0.1, 0.15) is 5.56 Å². The van der Waals surface area contributed by atoms with Crippen LogP contribution >= 0.6 is 0 Å². The molecule has 150 valence electrons. The summed E-state index contributed by atoms with van der Waals surface area (Å²) in [6.45, 7) is 1.89. The molecule has 3 N–H and O–H groups in total. The smallest absolute Gasteiger partial charge is 0.416 e. The van der Waals surface area contributed by atoms with Gasteiger partial charge in [0.25, 0.3) is 5.56 Å². The maximum absolute atomic E-state index is 12.9. The minimum Gasteiger partial charge on any atom is -0.493 e. The lowest BCUT2D eigenvalue weighted by molar-refractivity contribution is -0.137. The molecule has 11 heteroatoms. The van der Waals surface area contributed by atoms with Gasteiger partial charge in [-0.05, 0) is 24.6 Å². The lowest BCUT2D eigenvalue weighted by Crippen LogP contribution is -2.31. The van der Waals surface area contributed by atoms with E-state index in [1.54, 1.807) is 0 Å². The molecule has 1 aromatic heterocycles. The van der Waals surface area contributed by atoms with E-state index in [-0.39, 0.29) is 12.1 Å². The van der Waals surface area contributed by atoms with Gasteiger partial charge in [-0.1, -0.05) is 19.4 Å². The number of aromatic hydroxyl groups is 1. The van der Waals surface area contributed by atoms with Gasteiger partial charge in [0, 0.05) is 6.42 Å². The zero-order valence-corrected chi connectivity index (χ0v) is 14.7. The lowest BCUT2D eigenvalue weighted by atomic mass is 10.2. The first kappa shape index (κ1) is 20.9. The fraction of sp³-hybridized carbons (Fsp3) is 0.294. The van der Waals surface area contributed by atoms with Crippen molar-refractivity contribution in [3.05, 3.63) is 56.2 Å². The zero-order valence-electron chi connectivity index (χ0n) is 14.7. The van der Waals surface area contributed by atoms with E-state index in [9.17, 15) is 32.7 Å². The summed E-state index contributed by atoms with van der Waals surface area (Å²) >= 11 is 0. The van der Waals surface area contributed by atoms with E-state index in [2.05, 4.69) is 10.5 Å². The lowest BCUT2D eigenvalue weighted by Gasteiger charge is -2.12. The number of aromatic amines is 1. The maximum atomic E-state index is 12.9. The first-order valence-electron chi connectivity index (χ1n) is 8.23. The van der Waals surface area contributed by atoms with Crippen LogP contribution in [0.3, 0.4) is 0 Å². The van der Waals surface area contributed by atoms with Crippen molar-refractivity contribution >= 4 is 12.1 Å². The van der Waals surface area contributed by atoms with Crippen molar-refractivity contribution in [2.24, 2.45) is 5.10 Å². The molecule has 1 aromatic carbocycles. The fourth-order valence-electron chi connectivity index (χ4n) is 2.28. The summed E-state index contributed by atoms with van der Waals surface area (Å²) in [6.07, 6.45) is -2.22. The number of carbonyl (C=O) groups excluding carboxylic acids is 1. The standard InChI is InChI=1S/C17H17F3N4O4/c1-2-3-7-13(25)23-21-9-12-14(26)22-16(28)24(15(12)27)11-6-4-5-10(8-11)17(18,19)20/h4-6,8-9,27H,2-3,7H2,1H3,(H,23,25)(H,22,26,28). The van der Waals surface area contributed by atoms with E-state index in [1.165, 1.54) is 0 Å². The summed E-state index contributed by atoms with van der Waals surface area (Å²) in [5.41, 5.74) is -1.85. The number of alkyl halides is 3. The van der Waals surface area contributed by atoms with Gasteiger partial charge >= 0.3 is 11.9 Å². The van der Waals surface area contributed by atoms with Crippen LogP contribution in [0.15, 0.2) is 39.0 Å². The summed E-state index contributed by atoms with van der Waals surface area (Å²) in [6, 6.07) is 3.65. The number of aromatic nitrogens is 2. The van der Waals surface area contributed by atoms with Gasteiger partial charge in [-0.3, -0.25) is 14.6 Å². The molecule has 0 saturated carbocycles. The Balaban J connectivity index is 2.44. The van der Waals surface area contributed by atoms with Crippen LogP contribution in [0.5, 0.6) is 5.88 Å². The van der Waals surface area contributed by atoms with Crippen LogP contribution in [-0.4, -0.2) is 26.8 Å². The van der Waals surface area contributed by atoms with Crippen molar-refractivity contribution in [3.8, 4) is 11.6 Å². The van der Waals surface area contributed by atoms with Gasteiger partial charge in [-0.15, -0.1) is 0 Å². The van der Waals surface area contributed by atoms with E-state index < -0.39 is 40.3 Å². The number of rotatable bonds is 6. The molecule has 0 aliphatic rings. The van der Waals surface area contributed by atoms with Crippen LogP contribution < -0.4 is 16.7 Å². The molecule has 2 rings (SSSR count). The highest BCUT2D eigenvalue weighted by Crippen LogP contribution is 2.30. The number of hydrogen-bond acceptors (Lipinski definition) is 5. The third-order valence-electron chi connectivity index (χ3n) is 3.69. The van der Waals surface area contributed by atoms with Gasteiger partial charge in [0.05, 0.1) is 17.5 Å². The molecule has 28 heavy (non-hydrogen) atoms. The van der Waals surface area contributed by atoms with Crippen molar-refractivity contribution in [3.63, 3.8) is 0 Å². The molecule has 0 bridgehead atoms. The number of nitrogens with zero attached hydrogens (tertiary/aromatic N) is 2. The van der Waals surface area contributed by atoms with Crippen molar-refractivity contribution in [2.75, 3.05) is 0 Å². The summed E-state index contributed by atoms with van der Waals surface area (Å²) in [5.74, 6) is -1.33.